The van der Waals surface area contributed by atoms with Crippen molar-refractivity contribution in [2.45, 2.75) is 0 Å². The van der Waals surface area contributed by atoms with Crippen LogP contribution < -0.4 is 10.6 Å². The molecule has 9 heavy (non-hydrogen) atoms. The van der Waals surface area contributed by atoms with Gasteiger partial charge in [0.2, 0.25) is 0 Å². The van der Waals surface area contributed by atoms with Gasteiger partial charge < -0.3 is 0 Å². The van der Waals surface area contributed by atoms with Crippen LogP contribution >= 0.6 is 0 Å². The molecule has 0 N–H and O–H groups in total. The van der Waals surface area contributed by atoms with Crippen LogP contribution in [0.3, 0.4) is 0 Å². The Kier molecular flexibility index (Phi) is 0.890. The first kappa shape index (κ1) is 4.74. The predicted octanol–water partition coefficient (Wildman–Crippen LogP) is -0.0995. The molecular formula is C8H6N. The second-order valence-corrected chi connectivity index (χ2v) is 2.02. The fraction of sp³-hybridized carbons (Fsp3) is 0.125. The summed E-state index contributed by atoms with van der Waals surface area (Å²) in [4.78, 5) is 4.19. The Bertz CT molecular complexity index is 292. The summed E-state index contributed by atoms with van der Waals surface area (Å²) in [6.45, 7) is 0.829. The molecule has 0 aromatic heterocycles. The molecule has 0 saturated heterocycles. The maximum absolute atomic E-state index is 4.19. The van der Waals surface area contributed by atoms with Gasteiger partial charge in [-0.15, -0.1) is 0 Å². The third-order valence-corrected chi connectivity index (χ3v) is 1.43. The molecule has 1 aliphatic heterocycles. The Balaban J connectivity index is 2.97. The van der Waals surface area contributed by atoms with Crippen molar-refractivity contribution in [3.8, 4) is 0 Å². The van der Waals surface area contributed by atoms with Crippen LogP contribution in [-0.2, 0) is 0 Å². The van der Waals surface area contributed by atoms with Gasteiger partial charge >= 0.3 is 0 Å². The van der Waals surface area contributed by atoms with Gasteiger partial charge in [0.25, 0.3) is 0 Å². The summed E-state index contributed by atoms with van der Waals surface area (Å²) in [5.74, 6) is 0. The van der Waals surface area contributed by atoms with Crippen LogP contribution in [0.4, 0.5) is 0 Å². The van der Waals surface area contributed by atoms with Gasteiger partial charge in [0.1, 0.15) is 0 Å². The Morgan fingerprint density at radius 2 is 2.56 bits per heavy atom. The highest BCUT2D eigenvalue weighted by molar-refractivity contribution is 5.28. The lowest BCUT2D eigenvalue weighted by Gasteiger charge is -1.77. The summed E-state index contributed by atoms with van der Waals surface area (Å²) in [5.41, 5.74) is 0. The van der Waals surface area contributed by atoms with Crippen molar-refractivity contribution in [1.82, 2.24) is 0 Å². The van der Waals surface area contributed by atoms with Gasteiger partial charge in [-0.2, -0.15) is 0 Å². The Morgan fingerprint density at radius 1 is 1.56 bits per heavy atom. The monoisotopic (exact) mass is 116 g/mol. The lowest BCUT2D eigenvalue weighted by atomic mass is 10.3. The van der Waals surface area contributed by atoms with E-state index in [1.165, 1.54) is 5.22 Å². The molecule has 1 aliphatic rings. The Labute approximate surface area is 53.4 Å². The SMILES string of the molecule is [c]1cccc2c1=NCC=2. The highest BCUT2D eigenvalue weighted by atomic mass is 14.7. The summed E-state index contributed by atoms with van der Waals surface area (Å²) < 4.78 is 0. The molecule has 0 fully saturated rings. The van der Waals surface area contributed by atoms with Crippen LogP contribution in [0.1, 0.15) is 0 Å². The van der Waals surface area contributed by atoms with Gasteiger partial charge in [-0.3, -0.25) is 4.99 Å². The second kappa shape index (κ2) is 1.69. The number of nitrogens with zero attached hydrogens (tertiary/aromatic N) is 1. The van der Waals surface area contributed by atoms with Crippen LogP contribution in [0.2, 0.25) is 0 Å². The zero-order chi connectivity index (χ0) is 6.10. The molecule has 1 heteroatoms. The van der Waals surface area contributed by atoms with E-state index in [0.29, 0.717) is 0 Å². The van der Waals surface area contributed by atoms with E-state index >= 15 is 0 Å². The van der Waals surface area contributed by atoms with E-state index in [1.807, 2.05) is 12.1 Å². The third-order valence-electron chi connectivity index (χ3n) is 1.43. The van der Waals surface area contributed by atoms with Crippen LogP contribution in [0, 0.1) is 6.07 Å². The van der Waals surface area contributed by atoms with E-state index in [0.717, 1.165) is 11.9 Å². The lowest BCUT2D eigenvalue weighted by molar-refractivity contribution is 1.22. The van der Waals surface area contributed by atoms with E-state index in [-0.39, 0.29) is 0 Å². The molecule has 1 aromatic carbocycles. The average Bonchev–Trinajstić information content (AvgIpc) is 2.33. The number of benzene rings is 1. The highest BCUT2D eigenvalue weighted by Crippen LogP contribution is 1.77. The highest BCUT2D eigenvalue weighted by Gasteiger charge is 1.89. The maximum Gasteiger partial charge on any atom is 0.0727 e. The first-order valence-corrected chi connectivity index (χ1v) is 2.98. The van der Waals surface area contributed by atoms with Gasteiger partial charge in [-0.25, -0.2) is 0 Å². The summed E-state index contributed by atoms with van der Waals surface area (Å²) in [5, 5.41) is 2.23. The Hall–Kier alpha value is -1.11. The van der Waals surface area contributed by atoms with E-state index in [9.17, 15) is 0 Å². The fourth-order valence-corrected chi connectivity index (χ4v) is 0.978. The smallest absolute Gasteiger partial charge is 0.0727 e. The van der Waals surface area contributed by atoms with Crippen LogP contribution in [0.15, 0.2) is 23.2 Å². The van der Waals surface area contributed by atoms with Crippen molar-refractivity contribution in [2.24, 2.45) is 4.99 Å². The Morgan fingerprint density at radius 3 is 3.44 bits per heavy atom. The molecule has 43 valence electrons. The molecule has 0 aliphatic carbocycles. The van der Waals surface area contributed by atoms with E-state index in [2.05, 4.69) is 23.2 Å². The summed E-state index contributed by atoms with van der Waals surface area (Å²) in [6, 6.07) is 8.98. The maximum atomic E-state index is 4.19. The van der Waals surface area contributed by atoms with Crippen LogP contribution in [0.5, 0.6) is 0 Å². The summed E-state index contributed by atoms with van der Waals surface area (Å²) in [7, 11) is 0. The van der Waals surface area contributed by atoms with Crippen molar-refractivity contribution in [3.63, 3.8) is 0 Å². The van der Waals surface area contributed by atoms with Crippen molar-refractivity contribution >= 4 is 6.08 Å². The number of para-hydroxylation sites is 1. The minimum absolute atomic E-state index is 0.829. The largest absolute Gasteiger partial charge is 0.280 e. The standard InChI is InChI=1S/C8H6N/c1-2-4-8-7(3-1)5-6-9-8/h1-3,5H,6H2. The molecule has 1 heterocycles. The van der Waals surface area contributed by atoms with Crippen molar-refractivity contribution in [1.29, 1.82) is 0 Å². The van der Waals surface area contributed by atoms with Crippen molar-refractivity contribution in [2.75, 3.05) is 6.54 Å². The van der Waals surface area contributed by atoms with Crippen LogP contribution in [-0.4, -0.2) is 6.54 Å². The number of fused-ring (bicyclic) bond motifs is 1. The zero-order valence-corrected chi connectivity index (χ0v) is 4.96. The molecule has 0 saturated carbocycles. The number of rotatable bonds is 0. The zero-order valence-electron chi connectivity index (χ0n) is 4.96. The van der Waals surface area contributed by atoms with Crippen molar-refractivity contribution < 1.29 is 0 Å². The number of hydrogen-bond donors (Lipinski definition) is 0. The lowest BCUT2D eigenvalue weighted by Crippen LogP contribution is -2.20. The van der Waals surface area contributed by atoms with Gasteiger partial charge in [0.15, 0.2) is 0 Å². The van der Waals surface area contributed by atoms with E-state index in [1.54, 1.807) is 0 Å². The normalized spacial score (nSPS) is 13.8. The molecule has 0 atom stereocenters. The van der Waals surface area contributed by atoms with Crippen molar-refractivity contribution in [3.05, 3.63) is 34.8 Å². The van der Waals surface area contributed by atoms with Gasteiger partial charge in [-0.05, 0) is 5.22 Å². The van der Waals surface area contributed by atoms with Gasteiger partial charge in [0, 0.05) is 6.07 Å². The molecule has 0 spiro atoms. The predicted molar refractivity (Wildman–Crippen MR) is 35.4 cm³/mol. The molecule has 1 aromatic rings. The first-order valence-electron chi connectivity index (χ1n) is 2.98. The second-order valence-electron chi connectivity index (χ2n) is 2.02. The average molecular weight is 116 g/mol. The van der Waals surface area contributed by atoms with Gasteiger partial charge in [-0.1, -0.05) is 24.3 Å². The molecule has 2 rings (SSSR count). The summed E-state index contributed by atoms with van der Waals surface area (Å²) in [6.07, 6.45) is 2.10. The molecule has 1 nitrogen and oxygen atoms in total. The molecule has 0 bridgehead atoms. The molecule has 1 radical (unpaired) electrons. The minimum Gasteiger partial charge on any atom is -0.280 e. The van der Waals surface area contributed by atoms with E-state index < -0.39 is 0 Å². The van der Waals surface area contributed by atoms with E-state index in [4.69, 9.17) is 0 Å². The first-order chi connectivity index (χ1) is 4.47. The molecular weight excluding hydrogens is 110 g/mol. The summed E-state index contributed by atoms with van der Waals surface area (Å²) >= 11 is 0. The quantitative estimate of drug-likeness (QED) is 0.449. The van der Waals surface area contributed by atoms with Crippen LogP contribution in [0.25, 0.3) is 6.08 Å². The fourth-order valence-electron chi connectivity index (χ4n) is 0.978. The number of hydrogen-bond acceptors (Lipinski definition) is 1. The topological polar surface area (TPSA) is 12.4 Å². The molecule has 0 amide bonds. The molecule has 0 unspecified atom stereocenters. The minimum atomic E-state index is 0.829. The van der Waals surface area contributed by atoms with Gasteiger partial charge in [0.05, 0.1) is 11.9 Å². The third kappa shape index (κ3) is 0.653.